The average molecular weight is 465 g/mol. The van der Waals surface area contributed by atoms with Crippen LogP contribution in [0.3, 0.4) is 0 Å². The van der Waals surface area contributed by atoms with Crippen molar-refractivity contribution in [2.45, 2.75) is 19.3 Å². The van der Waals surface area contributed by atoms with Crippen molar-refractivity contribution in [1.82, 2.24) is 24.8 Å². The van der Waals surface area contributed by atoms with Crippen LogP contribution < -0.4 is 4.74 Å². The number of amides is 2. The van der Waals surface area contributed by atoms with E-state index in [2.05, 4.69) is 10.3 Å². The third-order valence-corrected chi connectivity index (χ3v) is 6.21. The number of hydrogen-bond acceptors (Lipinski definition) is 6. The Bertz CT molecular complexity index is 1200. The first-order chi connectivity index (χ1) is 16.5. The van der Waals surface area contributed by atoms with Crippen LogP contribution in [0.1, 0.15) is 38.2 Å². The van der Waals surface area contributed by atoms with Gasteiger partial charge in [-0.1, -0.05) is 23.4 Å². The lowest BCUT2D eigenvalue weighted by molar-refractivity contribution is -0.00206. The van der Waals surface area contributed by atoms with Gasteiger partial charge in [0, 0.05) is 31.7 Å². The minimum Gasteiger partial charge on any atom is -0.497 e. The van der Waals surface area contributed by atoms with Gasteiger partial charge in [0.15, 0.2) is 5.69 Å². The van der Waals surface area contributed by atoms with Gasteiger partial charge < -0.3 is 19.3 Å². The summed E-state index contributed by atoms with van der Waals surface area (Å²) in [6.07, 6.45) is -0.288. The largest absolute Gasteiger partial charge is 0.497 e. The maximum atomic E-state index is 13.2. The van der Waals surface area contributed by atoms with Crippen LogP contribution in [0, 0.1) is 5.82 Å². The van der Waals surface area contributed by atoms with E-state index in [0.717, 1.165) is 5.56 Å². The molecule has 9 nitrogen and oxygen atoms in total. The molecule has 0 saturated carbocycles. The van der Waals surface area contributed by atoms with Gasteiger partial charge in [0.2, 0.25) is 0 Å². The third-order valence-electron chi connectivity index (χ3n) is 6.21. The summed E-state index contributed by atoms with van der Waals surface area (Å²) >= 11 is 0. The fourth-order valence-corrected chi connectivity index (χ4v) is 4.26. The second kappa shape index (κ2) is 9.22. The van der Waals surface area contributed by atoms with Gasteiger partial charge in [-0.05, 0) is 35.9 Å². The smallest absolute Gasteiger partial charge is 0.276 e. The molecule has 2 amide bonds. The van der Waals surface area contributed by atoms with Gasteiger partial charge in [0.1, 0.15) is 17.7 Å². The zero-order chi connectivity index (χ0) is 23.7. The second-order valence-electron chi connectivity index (χ2n) is 8.23. The van der Waals surface area contributed by atoms with Crippen molar-refractivity contribution in [3.8, 4) is 5.75 Å². The van der Waals surface area contributed by atoms with Crippen LogP contribution in [0.5, 0.6) is 5.75 Å². The average Bonchev–Trinajstić information content (AvgIpc) is 3.31. The van der Waals surface area contributed by atoms with E-state index in [4.69, 9.17) is 9.47 Å². The molecule has 0 aliphatic carbocycles. The first-order valence-electron chi connectivity index (χ1n) is 11.1. The monoisotopic (exact) mass is 465 g/mol. The molecule has 176 valence electrons. The van der Waals surface area contributed by atoms with E-state index in [1.54, 1.807) is 58.0 Å². The Morgan fingerprint density at radius 2 is 1.74 bits per heavy atom. The molecule has 1 aromatic heterocycles. The number of ether oxygens (including phenoxy) is 2. The number of nitrogens with zero attached hydrogens (tertiary/aromatic N) is 5. The number of methoxy groups -OCH3 is 1. The molecule has 1 atom stereocenters. The van der Waals surface area contributed by atoms with E-state index >= 15 is 0 Å². The Morgan fingerprint density at radius 3 is 2.44 bits per heavy atom. The molecule has 1 saturated heterocycles. The van der Waals surface area contributed by atoms with Crippen LogP contribution in [0.4, 0.5) is 4.39 Å². The molecule has 2 aliphatic rings. The van der Waals surface area contributed by atoms with Crippen LogP contribution in [-0.2, 0) is 17.9 Å². The Labute approximate surface area is 195 Å². The number of fused-ring (bicyclic) bond motifs is 1. The van der Waals surface area contributed by atoms with Crippen LogP contribution in [0.2, 0.25) is 0 Å². The number of carbonyl (C=O) groups excluding carboxylic acids is 2. The zero-order valence-electron chi connectivity index (χ0n) is 18.7. The van der Waals surface area contributed by atoms with Crippen LogP contribution >= 0.6 is 0 Å². The zero-order valence-corrected chi connectivity index (χ0v) is 18.7. The molecule has 0 bridgehead atoms. The highest BCUT2D eigenvalue weighted by Crippen LogP contribution is 2.27. The number of benzene rings is 2. The second-order valence-corrected chi connectivity index (χ2v) is 8.23. The summed E-state index contributed by atoms with van der Waals surface area (Å²) < 4.78 is 26.0. The lowest BCUT2D eigenvalue weighted by Crippen LogP contribution is -2.50. The molecular formula is C24H24FN5O4. The highest BCUT2D eigenvalue weighted by molar-refractivity contribution is 5.95. The van der Waals surface area contributed by atoms with Crippen LogP contribution in [0.25, 0.3) is 0 Å². The topological polar surface area (TPSA) is 89.8 Å². The fourth-order valence-electron chi connectivity index (χ4n) is 4.26. The van der Waals surface area contributed by atoms with Gasteiger partial charge >= 0.3 is 0 Å². The van der Waals surface area contributed by atoms with Crippen LogP contribution in [-0.4, -0.2) is 69.9 Å². The normalized spacial score (nSPS) is 17.9. The maximum absolute atomic E-state index is 13.2. The van der Waals surface area contributed by atoms with Crippen molar-refractivity contribution in [2.75, 3.05) is 33.3 Å². The molecule has 3 aromatic rings. The molecule has 10 heteroatoms. The van der Waals surface area contributed by atoms with Gasteiger partial charge in [-0.15, -0.1) is 5.10 Å². The lowest BCUT2D eigenvalue weighted by Gasteiger charge is -2.34. The molecule has 34 heavy (non-hydrogen) atoms. The summed E-state index contributed by atoms with van der Waals surface area (Å²) in [4.78, 5) is 29.4. The molecule has 2 aromatic carbocycles. The molecule has 0 radical (unpaired) electrons. The first-order valence-corrected chi connectivity index (χ1v) is 11.1. The van der Waals surface area contributed by atoms with E-state index in [9.17, 15) is 14.0 Å². The van der Waals surface area contributed by atoms with Gasteiger partial charge in [-0.3, -0.25) is 9.59 Å². The minimum atomic E-state index is -0.306. The van der Waals surface area contributed by atoms with Gasteiger partial charge in [0.25, 0.3) is 11.8 Å². The van der Waals surface area contributed by atoms with Crippen molar-refractivity contribution >= 4 is 11.8 Å². The van der Waals surface area contributed by atoms with Crippen LogP contribution in [0.15, 0.2) is 48.5 Å². The number of carbonyl (C=O) groups is 2. The summed E-state index contributed by atoms with van der Waals surface area (Å²) in [5.41, 5.74) is 2.29. The highest BCUT2D eigenvalue weighted by Gasteiger charge is 2.32. The Balaban J connectivity index is 1.22. The van der Waals surface area contributed by atoms with E-state index in [-0.39, 0.29) is 36.0 Å². The summed E-state index contributed by atoms with van der Waals surface area (Å²) in [7, 11) is 1.56. The number of rotatable bonds is 4. The SMILES string of the molecule is COc1cccc(C(=O)N2CCN(C(=O)c3nnn4c3CO[C@@H](c3ccc(F)cc3)C4)CC2)c1. The summed E-state index contributed by atoms with van der Waals surface area (Å²) in [6.45, 7) is 2.23. The predicted octanol–water partition coefficient (Wildman–Crippen LogP) is 2.30. The Morgan fingerprint density at radius 1 is 1.03 bits per heavy atom. The first kappa shape index (κ1) is 22.0. The summed E-state index contributed by atoms with van der Waals surface area (Å²) in [5, 5.41) is 8.28. The Hall–Kier alpha value is -3.79. The van der Waals surface area contributed by atoms with E-state index in [0.29, 0.717) is 49.7 Å². The van der Waals surface area contributed by atoms with Crippen molar-refractivity contribution in [1.29, 1.82) is 0 Å². The van der Waals surface area contributed by atoms with Crippen molar-refractivity contribution in [3.63, 3.8) is 0 Å². The number of halogens is 1. The molecule has 0 spiro atoms. The van der Waals surface area contributed by atoms with Gasteiger partial charge in [-0.2, -0.15) is 0 Å². The fraction of sp³-hybridized carbons (Fsp3) is 0.333. The summed E-state index contributed by atoms with van der Waals surface area (Å²) in [6, 6.07) is 13.2. The van der Waals surface area contributed by atoms with E-state index < -0.39 is 0 Å². The molecule has 1 fully saturated rings. The predicted molar refractivity (Wildman–Crippen MR) is 119 cm³/mol. The Kier molecular flexibility index (Phi) is 5.97. The third kappa shape index (κ3) is 4.24. The molecule has 0 unspecified atom stereocenters. The van der Waals surface area contributed by atoms with Gasteiger partial charge in [0.05, 0.1) is 26.0 Å². The van der Waals surface area contributed by atoms with E-state index in [1.165, 1.54) is 12.1 Å². The number of aromatic nitrogens is 3. The van der Waals surface area contributed by atoms with Crippen molar-refractivity contribution in [2.24, 2.45) is 0 Å². The van der Waals surface area contributed by atoms with Crippen molar-refractivity contribution < 1.29 is 23.5 Å². The quantitative estimate of drug-likeness (QED) is 0.588. The van der Waals surface area contributed by atoms with Crippen molar-refractivity contribution in [3.05, 3.63) is 76.9 Å². The molecular weight excluding hydrogens is 441 g/mol. The highest BCUT2D eigenvalue weighted by atomic mass is 19.1. The maximum Gasteiger partial charge on any atom is 0.276 e. The lowest BCUT2D eigenvalue weighted by atomic mass is 10.1. The standard InChI is InChI=1S/C24H24FN5O4/c1-33-19-4-2-3-17(13-19)23(31)28-9-11-29(12-10-28)24(32)22-20-15-34-21(14-30(20)27-26-22)16-5-7-18(25)8-6-16/h2-8,13,21H,9-12,14-15H2,1H3/t21-/m1/s1. The molecule has 2 aliphatic heterocycles. The molecule has 0 N–H and O–H groups in total. The summed E-state index contributed by atoms with van der Waals surface area (Å²) in [5.74, 6) is 0.00520. The minimum absolute atomic E-state index is 0.0905. The number of piperazine rings is 1. The molecule has 5 rings (SSSR count). The number of hydrogen-bond donors (Lipinski definition) is 0. The van der Waals surface area contributed by atoms with Gasteiger partial charge in [-0.25, -0.2) is 9.07 Å². The molecule has 3 heterocycles. The van der Waals surface area contributed by atoms with E-state index in [1.807, 2.05) is 0 Å².